The molecule has 4 nitrogen and oxygen atoms in total. The van der Waals surface area contributed by atoms with Gasteiger partial charge in [0.2, 0.25) is 0 Å². The first-order chi connectivity index (χ1) is 10.1. The highest BCUT2D eigenvalue weighted by Crippen LogP contribution is 2.37. The van der Waals surface area contributed by atoms with Gasteiger partial charge in [0, 0.05) is 5.56 Å². The van der Waals surface area contributed by atoms with Crippen molar-refractivity contribution in [3.63, 3.8) is 0 Å². The number of ether oxygens (including phenoxy) is 1. The molecule has 108 valence electrons. The van der Waals surface area contributed by atoms with Crippen molar-refractivity contribution in [2.24, 2.45) is 0 Å². The third kappa shape index (κ3) is 2.61. The number of hydrogen-bond donors (Lipinski definition) is 2. The smallest absolute Gasteiger partial charge is 0.323 e. The zero-order chi connectivity index (χ0) is 15.0. The van der Waals surface area contributed by atoms with Crippen molar-refractivity contribution in [3.8, 4) is 5.75 Å². The van der Waals surface area contributed by atoms with Gasteiger partial charge in [0.25, 0.3) is 0 Å². The third-order valence-electron chi connectivity index (χ3n) is 3.49. The van der Waals surface area contributed by atoms with Crippen LogP contribution in [0.1, 0.15) is 21.5 Å². The van der Waals surface area contributed by atoms with Gasteiger partial charge in [-0.1, -0.05) is 39.7 Å². The van der Waals surface area contributed by atoms with Crippen LogP contribution >= 0.6 is 15.9 Å². The molecule has 0 saturated carbocycles. The third-order valence-corrected chi connectivity index (χ3v) is 4.51. The minimum atomic E-state index is -0.193. The van der Waals surface area contributed by atoms with Crippen LogP contribution in [0.2, 0.25) is 0 Å². The monoisotopic (exact) mass is 346 g/mol. The number of H-pyrrole nitrogens is 2. The Hall–Kier alpha value is -2.01. The minimum absolute atomic E-state index is 0.00449. The Kier molecular flexibility index (Phi) is 3.59. The lowest BCUT2D eigenvalue weighted by Crippen LogP contribution is -1.99. The summed E-state index contributed by atoms with van der Waals surface area (Å²) in [5.41, 5.74) is 4.71. The van der Waals surface area contributed by atoms with Crippen LogP contribution in [0.15, 0.2) is 41.2 Å². The highest BCUT2D eigenvalue weighted by molar-refractivity contribution is 9.09. The number of aryl methyl sites for hydroxylation is 1. The van der Waals surface area contributed by atoms with Crippen LogP contribution in [0.25, 0.3) is 11.0 Å². The molecule has 3 rings (SSSR count). The summed E-state index contributed by atoms with van der Waals surface area (Å²) < 4.78 is 5.44. The maximum Gasteiger partial charge on any atom is 0.323 e. The van der Waals surface area contributed by atoms with Gasteiger partial charge in [-0.3, -0.25) is 0 Å². The zero-order valence-electron chi connectivity index (χ0n) is 11.7. The van der Waals surface area contributed by atoms with Crippen LogP contribution in [0.5, 0.6) is 5.75 Å². The average Bonchev–Trinajstić information content (AvgIpc) is 2.85. The molecule has 0 bridgehead atoms. The summed E-state index contributed by atoms with van der Waals surface area (Å²) >= 11 is 3.73. The summed E-state index contributed by atoms with van der Waals surface area (Å²) in [4.78, 5) is 16.9. The number of alkyl halides is 1. The van der Waals surface area contributed by atoms with Gasteiger partial charge in [-0.05, 0) is 30.7 Å². The van der Waals surface area contributed by atoms with Crippen LogP contribution in [0, 0.1) is 6.92 Å². The van der Waals surface area contributed by atoms with Gasteiger partial charge in [-0.2, -0.15) is 0 Å². The van der Waals surface area contributed by atoms with Crippen LogP contribution in [0.4, 0.5) is 0 Å². The standard InChI is InChI=1S/C16H15BrN2O2/c1-9-3-6-14(21-2)11(7-9)15(17)10-4-5-12-13(8-10)19-16(20)18-12/h3-8,15H,1-2H3,(H2,18,19,20). The van der Waals surface area contributed by atoms with Crippen LogP contribution in [-0.2, 0) is 0 Å². The predicted molar refractivity (Wildman–Crippen MR) is 87.4 cm³/mol. The summed E-state index contributed by atoms with van der Waals surface area (Å²) in [5, 5.41) is 0. The van der Waals surface area contributed by atoms with E-state index in [1.165, 1.54) is 5.56 Å². The second kappa shape index (κ2) is 5.41. The van der Waals surface area contributed by atoms with Gasteiger partial charge in [-0.25, -0.2) is 4.79 Å². The van der Waals surface area contributed by atoms with E-state index in [9.17, 15) is 4.79 Å². The quantitative estimate of drug-likeness (QED) is 0.711. The van der Waals surface area contributed by atoms with Crippen molar-refractivity contribution in [2.75, 3.05) is 7.11 Å². The molecule has 1 aromatic heterocycles. The Labute approximate surface area is 130 Å². The summed E-state index contributed by atoms with van der Waals surface area (Å²) in [6.45, 7) is 2.05. The number of fused-ring (bicyclic) bond motifs is 1. The lowest BCUT2D eigenvalue weighted by atomic mass is 10.0. The Morgan fingerprint density at radius 1 is 1.10 bits per heavy atom. The fraction of sp³-hybridized carbons (Fsp3) is 0.188. The number of benzene rings is 2. The fourth-order valence-electron chi connectivity index (χ4n) is 2.44. The van der Waals surface area contributed by atoms with E-state index in [0.717, 1.165) is 27.9 Å². The number of aromatic amines is 2. The normalized spacial score (nSPS) is 12.5. The molecule has 0 spiro atoms. The molecule has 1 atom stereocenters. The van der Waals surface area contributed by atoms with Crippen LogP contribution in [0.3, 0.4) is 0 Å². The molecular weight excluding hydrogens is 332 g/mol. The van der Waals surface area contributed by atoms with E-state index in [4.69, 9.17) is 4.74 Å². The van der Waals surface area contributed by atoms with Crippen molar-refractivity contribution in [3.05, 3.63) is 63.6 Å². The molecule has 21 heavy (non-hydrogen) atoms. The second-order valence-corrected chi connectivity index (χ2v) is 5.91. The zero-order valence-corrected chi connectivity index (χ0v) is 13.3. The molecule has 5 heteroatoms. The molecule has 0 amide bonds. The van der Waals surface area contributed by atoms with Crippen LogP contribution < -0.4 is 10.4 Å². The molecule has 2 aromatic carbocycles. The molecule has 0 aliphatic rings. The number of aromatic nitrogens is 2. The highest BCUT2D eigenvalue weighted by atomic mass is 79.9. The molecule has 1 heterocycles. The average molecular weight is 347 g/mol. The first kappa shape index (κ1) is 13.9. The van der Waals surface area contributed by atoms with Crippen molar-refractivity contribution >= 4 is 27.0 Å². The molecule has 1 unspecified atom stereocenters. The molecule has 0 aliphatic carbocycles. The number of hydrogen-bond acceptors (Lipinski definition) is 2. The number of methoxy groups -OCH3 is 1. The number of imidazole rings is 1. The van der Waals surface area contributed by atoms with Crippen molar-refractivity contribution in [1.82, 2.24) is 9.97 Å². The van der Waals surface area contributed by atoms with Crippen molar-refractivity contribution in [1.29, 1.82) is 0 Å². The maximum absolute atomic E-state index is 11.3. The number of rotatable bonds is 3. The number of nitrogens with one attached hydrogen (secondary N) is 2. The molecular formula is C16H15BrN2O2. The van der Waals surface area contributed by atoms with Crippen molar-refractivity contribution in [2.45, 2.75) is 11.8 Å². The van der Waals surface area contributed by atoms with Crippen LogP contribution in [-0.4, -0.2) is 17.1 Å². The molecule has 3 aromatic rings. The lowest BCUT2D eigenvalue weighted by Gasteiger charge is -2.15. The van der Waals surface area contributed by atoms with E-state index in [1.54, 1.807) is 7.11 Å². The van der Waals surface area contributed by atoms with Gasteiger partial charge >= 0.3 is 5.69 Å². The van der Waals surface area contributed by atoms with E-state index >= 15 is 0 Å². The summed E-state index contributed by atoms with van der Waals surface area (Å²) in [6, 6.07) is 12.0. The summed E-state index contributed by atoms with van der Waals surface area (Å²) in [5.74, 6) is 0.838. The second-order valence-electron chi connectivity index (χ2n) is 4.99. The van der Waals surface area contributed by atoms with Gasteiger partial charge in [0.15, 0.2) is 0 Å². The van der Waals surface area contributed by atoms with E-state index in [0.29, 0.717) is 0 Å². The van der Waals surface area contributed by atoms with Gasteiger partial charge < -0.3 is 14.7 Å². The van der Waals surface area contributed by atoms with E-state index in [2.05, 4.69) is 38.9 Å². The molecule has 2 N–H and O–H groups in total. The largest absolute Gasteiger partial charge is 0.496 e. The Bertz CT molecular complexity index is 851. The fourth-order valence-corrected chi connectivity index (χ4v) is 3.08. The summed E-state index contributed by atoms with van der Waals surface area (Å²) in [7, 11) is 1.67. The first-order valence-corrected chi connectivity index (χ1v) is 7.50. The molecule has 0 radical (unpaired) electrons. The molecule has 0 fully saturated rings. The van der Waals surface area contributed by atoms with E-state index in [1.807, 2.05) is 30.3 Å². The minimum Gasteiger partial charge on any atom is -0.496 e. The van der Waals surface area contributed by atoms with Gasteiger partial charge in [-0.15, -0.1) is 0 Å². The lowest BCUT2D eigenvalue weighted by molar-refractivity contribution is 0.410. The Balaban J connectivity index is 2.09. The first-order valence-electron chi connectivity index (χ1n) is 6.59. The predicted octanol–water partition coefficient (Wildman–Crippen LogP) is 3.66. The summed E-state index contributed by atoms with van der Waals surface area (Å²) in [6.07, 6.45) is 0. The van der Waals surface area contributed by atoms with E-state index in [-0.39, 0.29) is 10.5 Å². The van der Waals surface area contributed by atoms with Gasteiger partial charge in [0.05, 0.1) is 23.0 Å². The highest BCUT2D eigenvalue weighted by Gasteiger charge is 2.16. The van der Waals surface area contributed by atoms with Gasteiger partial charge in [0.1, 0.15) is 5.75 Å². The molecule has 0 aliphatic heterocycles. The number of halogens is 1. The Morgan fingerprint density at radius 2 is 1.86 bits per heavy atom. The SMILES string of the molecule is COc1ccc(C)cc1C(Br)c1ccc2[nH]c(=O)[nH]c2c1. The van der Waals surface area contributed by atoms with E-state index < -0.39 is 0 Å². The maximum atomic E-state index is 11.3. The topological polar surface area (TPSA) is 57.9 Å². The van der Waals surface area contributed by atoms with Crippen molar-refractivity contribution < 1.29 is 4.74 Å². The molecule has 0 saturated heterocycles. The Morgan fingerprint density at radius 3 is 2.62 bits per heavy atom.